The minimum Gasteiger partial charge on any atom is -0.472 e. The van der Waals surface area contributed by atoms with E-state index in [1.165, 1.54) is 30.0 Å². The number of nitrogen functional groups attached to an aromatic ring is 1. The number of thiazole rings is 1. The predicted molar refractivity (Wildman–Crippen MR) is 113 cm³/mol. The Labute approximate surface area is 188 Å². The number of carbonyl (C=O) groups is 2. The molecule has 0 aliphatic rings. The van der Waals surface area contributed by atoms with Crippen LogP contribution < -0.4 is 21.1 Å². The van der Waals surface area contributed by atoms with Gasteiger partial charge in [0.05, 0.1) is 0 Å². The quantitative estimate of drug-likeness (QED) is 0.354. The van der Waals surface area contributed by atoms with Crippen LogP contribution in [0.5, 0.6) is 5.88 Å². The molecule has 0 spiro atoms. The number of alkyl halides is 2. The summed E-state index contributed by atoms with van der Waals surface area (Å²) in [5.74, 6) is -3.89. The van der Waals surface area contributed by atoms with E-state index in [0.717, 1.165) is 29.7 Å². The van der Waals surface area contributed by atoms with E-state index in [4.69, 9.17) is 16.2 Å². The Balaban J connectivity index is 1.93. The van der Waals surface area contributed by atoms with E-state index in [-0.39, 0.29) is 33.0 Å². The van der Waals surface area contributed by atoms with Crippen LogP contribution in [0.2, 0.25) is 0 Å². The number of anilines is 3. The first-order valence-electron chi connectivity index (χ1n) is 9.30. The number of pyridine rings is 1. The fourth-order valence-electron chi connectivity index (χ4n) is 2.73. The van der Waals surface area contributed by atoms with Gasteiger partial charge in [-0.3, -0.25) is 9.59 Å². The van der Waals surface area contributed by atoms with Crippen LogP contribution in [0.3, 0.4) is 0 Å². The summed E-state index contributed by atoms with van der Waals surface area (Å²) in [6.07, 6.45) is -1.55. The van der Waals surface area contributed by atoms with Crippen molar-refractivity contribution in [2.24, 2.45) is 5.73 Å². The van der Waals surface area contributed by atoms with Crippen LogP contribution in [0, 0.1) is 11.6 Å². The Hall–Kier alpha value is -3.74. The molecule has 0 aliphatic heterocycles. The molecule has 0 saturated carbocycles. The molecule has 1 unspecified atom stereocenters. The number of halogens is 4. The van der Waals surface area contributed by atoms with Crippen molar-refractivity contribution >= 4 is 39.7 Å². The van der Waals surface area contributed by atoms with Crippen molar-refractivity contribution in [2.75, 3.05) is 17.2 Å². The molecule has 13 heteroatoms. The smallest absolute Gasteiger partial charge is 0.272 e. The predicted octanol–water partition coefficient (Wildman–Crippen LogP) is 3.29. The van der Waals surface area contributed by atoms with Crippen LogP contribution in [0.25, 0.3) is 0 Å². The molecular formula is C20H17F4N5O3S. The van der Waals surface area contributed by atoms with E-state index in [1.807, 2.05) is 0 Å². The van der Waals surface area contributed by atoms with Gasteiger partial charge in [0.1, 0.15) is 16.7 Å². The lowest BCUT2D eigenvalue weighted by molar-refractivity contribution is -0.118. The summed E-state index contributed by atoms with van der Waals surface area (Å²) in [6, 6.07) is 4.47. The minimum atomic E-state index is -2.68. The molecule has 0 radical (unpaired) electrons. The molecular weight excluding hydrogens is 466 g/mol. The van der Waals surface area contributed by atoms with Gasteiger partial charge in [-0.2, -0.15) is 0 Å². The highest BCUT2D eigenvalue weighted by atomic mass is 32.1. The molecule has 0 bridgehead atoms. The molecule has 8 nitrogen and oxygen atoms in total. The third-order valence-electron chi connectivity index (χ3n) is 4.39. The first-order valence-corrected chi connectivity index (χ1v) is 10.1. The molecule has 4 N–H and O–H groups in total. The van der Waals surface area contributed by atoms with Gasteiger partial charge in [-0.15, -0.1) is 0 Å². The molecule has 3 aromatic rings. The number of aromatic nitrogens is 2. The van der Waals surface area contributed by atoms with Gasteiger partial charge in [-0.05, 0) is 25.1 Å². The SMILES string of the molecule is CC(C(N)=O)N(c1ccc(F)c(F)c1)c1nc(N)c(C(=O)c2ccc(OCC(F)F)nc2)s1. The number of hydrogen-bond acceptors (Lipinski definition) is 8. The number of benzene rings is 1. The normalized spacial score (nSPS) is 11.9. The fraction of sp³-hybridized carbons (Fsp3) is 0.200. The van der Waals surface area contributed by atoms with Crippen LogP contribution >= 0.6 is 11.3 Å². The highest BCUT2D eigenvalue weighted by Crippen LogP contribution is 2.36. The van der Waals surface area contributed by atoms with Crippen LogP contribution in [0.1, 0.15) is 22.2 Å². The maximum atomic E-state index is 13.8. The van der Waals surface area contributed by atoms with Gasteiger partial charge in [0, 0.05) is 29.6 Å². The number of carbonyl (C=O) groups excluding carboxylic acids is 2. The average molecular weight is 483 g/mol. The Morgan fingerprint density at radius 3 is 2.48 bits per heavy atom. The van der Waals surface area contributed by atoms with Crippen molar-refractivity contribution < 1.29 is 31.9 Å². The number of ether oxygens (including phenoxy) is 1. The van der Waals surface area contributed by atoms with Crippen LogP contribution in [-0.4, -0.2) is 40.7 Å². The van der Waals surface area contributed by atoms with E-state index in [1.54, 1.807) is 0 Å². The lowest BCUT2D eigenvalue weighted by Gasteiger charge is -2.26. The second kappa shape index (κ2) is 9.81. The van der Waals surface area contributed by atoms with Crippen LogP contribution in [0.4, 0.5) is 34.2 Å². The zero-order valence-corrected chi connectivity index (χ0v) is 17.8. The monoisotopic (exact) mass is 483 g/mol. The topological polar surface area (TPSA) is 124 Å². The number of nitrogens with two attached hydrogens (primary N) is 2. The summed E-state index contributed by atoms with van der Waals surface area (Å²) >= 11 is 0.798. The molecule has 0 saturated heterocycles. The molecule has 33 heavy (non-hydrogen) atoms. The third-order valence-corrected chi connectivity index (χ3v) is 5.46. The second-order valence-corrected chi connectivity index (χ2v) is 7.65. The third kappa shape index (κ3) is 5.37. The Morgan fingerprint density at radius 2 is 1.91 bits per heavy atom. The molecule has 2 heterocycles. The lowest BCUT2D eigenvalue weighted by Crippen LogP contribution is -2.40. The van der Waals surface area contributed by atoms with Crippen molar-refractivity contribution in [1.82, 2.24) is 9.97 Å². The number of nitrogens with zero attached hydrogens (tertiary/aromatic N) is 3. The summed E-state index contributed by atoms with van der Waals surface area (Å²) in [5.41, 5.74) is 11.4. The maximum absolute atomic E-state index is 13.8. The standard InChI is InChI=1S/C20H17F4N5O3S/c1-9(19(26)31)29(11-3-4-12(21)13(22)6-11)20-28-18(25)17(33-20)16(30)10-2-5-15(27-7-10)32-8-14(23)24/h2-7,9,14H,8,25H2,1H3,(H2,26,31). The van der Waals surface area contributed by atoms with Gasteiger partial charge in [-0.1, -0.05) is 11.3 Å². The number of hydrogen-bond donors (Lipinski definition) is 2. The summed E-state index contributed by atoms with van der Waals surface area (Å²) in [6.45, 7) is 0.577. The average Bonchev–Trinajstić information content (AvgIpc) is 3.15. The van der Waals surface area contributed by atoms with E-state index in [9.17, 15) is 27.2 Å². The molecule has 174 valence electrons. The molecule has 1 amide bonds. The first kappa shape index (κ1) is 23.9. The highest BCUT2D eigenvalue weighted by Gasteiger charge is 2.28. The summed E-state index contributed by atoms with van der Waals surface area (Å²) in [4.78, 5) is 33.8. The lowest BCUT2D eigenvalue weighted by atomic mass is 10.1. The van der Waals surface area contributed by atoms with E-state index >= 15 is 0 Å². The van der Waals surface area contributed by atoms with Gasteiger partial charge in [0.15, 0.2) is 23.4 Å². The maximum Gasteiger partial charge on any atom is 0.272 e. The molecule has 0 fully saturated rings. The Kier molecular flexibility index (Phi) is 7.11. The van der Waals surface area contributed by atoms with Crippen molar-refractivity contribution in [3.05, 3.63) is 58.6 Å². The van der Waals surface area contributed by atoms with Gasteiger partial charge < -0.3 is 21.1 Å². The van der Waals surface area contributed by atoms with E-state index in [2.05, 4.69) is 9.97 Å². The van der Waals surface area contributed by atoms with Crippen molar-refractivity contribution in [3.63, 3.8) is 0 Å². The zero-order valence-electron chi connectivity index (χ0n) is 17.0. The first-order chi connectivity index (χ1) is 15.6. The summed E-state index contributed by atoms with van der Waals surface area (Å²) in [5, 5.41) is 0.0398. The molecule has 2 aromatic heterocycles. The largest absolute Gasteiger partial charge is 0.472 e. The fourth-order valence-corrected chi connectivity index (χ4v) is 3.78. The highest BCUT2D eigenvalue weighted by molar-refractivity contribution is 7.18. The zero-order chi connectivity index (χ0) is 24.3. The minimum absolute atomic E-state index is 0.0164. The van der Waals surface area contributed by atoms with Gasteiger partial charge in [-0.25, -0.2) is 27.5 Å². The van der Waals surface area contributed by atoms with Gasteiger partial charge >= 0.3 is 0 Å². The molecule has 1 aromatic carbocycles. The van der Waals surface area contributed by atoms with Gasteiger partial charge in [0.2, 0.25) is 17.6 Å². The van der Waals surface area contributed by atoms with Gasteiger partial charge in [0.25, 0.3) is 6.43 Å². The molecule has 0 aliphatic carbocycles. The van der Waals surface area contributed by atoms with E-state index in [0.29, 0.717) is 0 Å². The summed E-state index contributed by atoms with van der Waals surface area (Å²) < 4.78 is 56.4. The van der Waals surface area contributed by atoms with E-state index < -0.39 is 42.4 Å². The number of amides is 1. The molecule has 3 rings (SSSR count). The van der Waals surface area contributed by atoms with Crippen molar-refractivity contribution in [3.8, 4) is 5.88 Å². The number of primary amides is 1. The van der Waals surface area contributed by atoms with Crippen molar-refractivity contribution in [1.29, 1.82) is 0 Å². The Morgan fingerprint density at radius 1 is 1.18 bits per heavy atom. The number of ketones is 1. The Bertz CT molecular complexity index is 1170. The molecule has 1 atom stereocenters. The number of rotatable bonds is 9. The van der Waals surface area contributed by atoms with Crippen LogP contribution in [0.15, 0.2) is 36.5 Å². The second-order valence-electron chi connectivity index (χ2n) is 6.67. The van der Waals surface area contributed by atoms with Crippen molar-refractivity contribution in [2.45, 2.75) is 19.4 Å². The van der Waals surface area contributed by atoms with Crippen LogP contribution in [-0.2, 0) is 4.79 Å². The summed E-state index contributed by atoms with van der Waals surface area (Å²) in [7, 11) is 0.